The monoisotopic (exact) mass is 416 g/mol. The molecule has 0 bridgehead atoms. The van der Waals surface area contributed by atoms with E-state index in [1.54, 1.807) is 12.1 Å². The second-order valence-corrected chi connectivity index (χ2v) is 9.39. The van der Waals surface area contributed by atoms with Gasteiger partial charge in [0.1, 0.15) is 10.6 Å². The minimum Gasteiger partial charge on any atom is -0.495 e. The maximum absolute atomic E-state index is 13.3. The van der Waals surface area contributed by atoms with E-state index < -0.39 is 10.0 Å². The maximum atomic E-state index is 13.3. The number of piperidine rings is 1. The first-order valence-electron chi connectivity index (χ1n) is 9.83. The first-order valence-corrected chi connectivity index (χ1v) is 11.3. The number of benzene rings is 2. The van der Waals surface area contributed by atoms with E-state index >= 15 is 0 Å². The fourth-order valence-corrected chi connectivity index (χ4v) is 5.54. The normalized spacial score (nSPS) is 17.7. The van der Waals surface area contributed by atoms with E-state index in [9.17, 15) is 13.2 Å². The Morgan fingerprint density at radius 3 is 2.62 bits per heavy atom. The Balaban J connectivity index is 1.96. The zero-order chi connectivity index (χ0) is 21.2. The third-order valence-electron chi connectivity index (χ3n) is 5.61. The summed E-state index contributed by atoms with van der Waals surface area (Å²) in [6, 6.07) is 10.1. The summed E-state index contributed by atoms with van der Waals surface area (Å²) in [5.41, 5.74) is 3.03. The number of hydrogen-bond donors (Lipinski definition) is 1. The molecule has 0 aromatic heterocycles. The minimum atomic E-state index is -3.77. The smallest absolute Gasteiger partial charge is 0.255 e. The van der Waals surface area contributed by atoms with Gasteiger partial charge in [-0.2, -0.15) is 4.31 Å². The second kappa shape index (κ2) is 8.55. The van der Waals surface area contributed by atoms with Gasteiger partial charge < -0.3 is 10.1 Å². The Hall–Kier alpha value is -2.38. The Morgan fingerprint density at radius 1 is 1.17 bits per heavy atom. The van der Waals surface area contributed by atoms with Gasteiger partial charge in [0.05, 0.1) is 7.11 Å². The molecule has 7 heteroatoms. The summed E-state index contributed by atoms with van der Waals surface area (Å²) in [6.07, 6.45) is 2.68. The number of methoxy groups -OCH3 is 1. The fraction of sp³-hybridized carbons (Fsp3) is 0.409. The average Bonchev–Trinajstić information content (AvgIpc) is 2.71. The van der Waals surface area contributed by atoms with Gasteiger partial charge in [-0.05, 0) is 69.0 Å². The maximum Gasteiger partial charge on any atom is 0.255 e. The van der Waals surface area contributed by atoms with Gasteiger partial charge in [-0.25, -0.2) is 8.42 Å². The summed E-state index contributed by atoms with van der Waals surface area (Å²) in [5, 5.41) is 2.88. The number of aryl methyl sites for hydroxylation is 1. The number of ether oxygens (including phenoxy) is 1. The number of nitrogens with zero attached hydrogens (tertiary/aromatic N) is 1. The highest BCUT2D eigenvalue weighted by molar-refractivity contribution is 7.89. The van der Waals surface area contributed by atoms with Gasteiger partial charge in [-0.1, -0.05) is 18.6 Å². The van der Waals surface area contributed by atoms with Crippen molar-refractivity contribution in [3.63, 3.8) is 0 Å². The average molecular weight is 417 g/mol. The van der Waals surface area contributed by atoms with E-state index in [2.05, 4.69) is 5.32 Å². The SMILES string of the molecule is COc1ccc(C(=O)Nc2cccc(C)c2C)cc1S(=O)(=O)N1CCCC[C@@H]1C. The first kappa shape index (κ1) is 21.3. The topological polar surface area (TPSA) is 75.7 Å². The van der Waals surface area contributed by atoms with Crippen molar-refractivity contribution in [2.45, 2.75) is 51.0 Å². The van der Waals surface area contributed by atoms with Crippen LogP contribution in [0.5, 0.6) is 5.75 Å². The number of carbonyl (C=O) groups excluding carboxylic acids is 1. The number of anilines is 1. The highest BCUT2D eigenvalue weighted by atomic mass is 32.2. The predicted octanol–water partition coefficient (Wildman–Crippen LogP) is 4.13. The highest BCUT2D eigenvalue weighted by Gasteiger charge is 2.33. The lowest BCUT2D eigenvalue weighted by molar-refractivity contribution is 0.102. The lowest BCUT2D eigenvalue weighted by atomic mass is 10.1. The van der Waals surface area contributed by atoms with Crippen molar-refractivity contribution in [2.75, 3.05) is 19.0 Å². The van der Waals surface area contributed by atoms with Crippen LogP contribution in [0.25, 0.3) is 0 Å². The summed E-state index contributed by atoms with van der Waals surface area (Å²) in [5.74, 6) is -0.115. The van der Waals surface area contributed by atoms with E-state index in [1.807, 2.05) is 39.0 Å². The molecule has 1 aliphatic rings. The molecular formula is C22H28N2O4S. The molecule has 29 heavy (non-hydrogen) atoms. The van der Waals surface area contributed by atoms with E-state index in [-0.39, 0.29) is 28.2 Å². The lowest BCUT2D eigenvalue weighted by Crippen LogP contribution is -2.42. The zero-order valence-corrected chi connectivity index (χ0v) is 18.2. The quantitative estimate of drug-likeness (QED) is 0.795. The Bertz CT molecular complexity index is 1020. The number of carbonyl (C=O) groups is 1. The fourth-order valence-electron chi connectivity index (χ4n) is 3.66. The van der Waals surface area contributed by atoms with Gasteiger partial charge in [-0.15, -0.1) is 0 Å². The largest absolute Gasteiger partial charge is 0.495 e. The molecule has 6 nitrogen and oxygen atoms in total. The summed E-state index contributed by atoms with van der Waals surface area (Å²) in [7, 11) is -2.34. The van der Waals surface area contributed by atoms with Gasteiger partial charge in [-0.3, -0.25) is 4.79 Å². The zero-order valence-electron chi connectivity index (χ0n) is 17.4. The van der Waals surface area contributed by atoms with Gasteiger partial charge >= 0.3 is 0 Å². The molecule has 1 atom stereocenters. The number of nitrogens with one attached hydrogen (secondary N) is 1. The summed E-state index contributed by atoms with van der Waals surface area (Å²) >= 11 is 0. The van der Waals surface area contributed by atoms with Crippen LogP contribution in [0.3, 0.4) is 0 Å². The molecule has 0 aliphatic carbocycles. The molecular weight excluding hydrogens is 388 g/mol. The van der Waals surface area contributed by atoms with Crippen LogP contribution in [-0.2, 0) is 10.0 Å². The molecule has 156 valence electrons. The van der Waals surface area contributed by atoms with Crippen LogP contribution in [0.15, 0.2) is 41.3 Å². The van der Waals surface area contributed by atoms with Gasteiger partial charge in [0.2, 0.25) is 10.0 Å². The molecule has 1 aliphatic heterocycles. The van der Waals surface area contributed by atoms with Gasteiger partial charge in [0, 0.05) is 23.8 Å². The summed E-state index contributed by atoms with van der Waals surface area (Å²) in [6.45, 7) is 6.31. The molecule has 1 fully saturated rings. The lowest BCUT2D eigenvalue weighted by Gasteiger charge is -2.32. The van der Waals surface area contributed by atoms with Crippen molar-refractivity contribution >= 4 is 21.6 Å². The molecule has 2 aromatic rings. The van der Waals surface area contributed by atoms with Crippen LogP contribution in [0, 0.1) is 13.8 Å². The Labute approximate surface area is 172 Å². The molecule has 1 saturated heterocycles. The highest BCUT2D eigenvalue weighted by Crippen LogP contribution is 2.32. The molecule has 1 heterocycles. The summed E-state index contributed by atoms with van der Waals surface area (Å²) < 4.78 is 33.5. The van der Waals surface area contributed by atoms with Crippen molar-refractivity contribution in [1.29, 1.82) is 0 Å². The van der Waals surface area contributed by atoms with Gasteiger partial charge in [0.25, 0.3) is 5.91 Å². The van der Waals surface area contributed by atoms with Crippen molar-refractivity contribution < 1.29 is 17.9 Å². The molecule has 2 aromatic carbocycles. The molecule has 3 rings (SSSR count). The van der Waals surface area contributed by atoms with Crippen LogP contribution in [0.1, 0.15) is 47.7 Å². The molecule has 0 unspecified atom stereocenters. The van der Waals surface area contributed by atoms with E-state index in [0.29, 0.717) is 12.2 Å². The molecule has 1 N–H and O–H groups in total. The van der Waals surface area contributed by atoms with Crippen LogP contribution in [0.2, 0.25) is 0 Å². The molecule has 0 radical (unpaired) electrons. The van der Waals surface area contributed by atoms with Crippen LogP contribution in [-0.4, -0.2) is 38.3 Å². The Morgan fingerprint density at radius 2 is 1.93 bits per heavy atom. The number of rotatable bonds is 5. The van der Waals surface area contributed by atoms with Crippen LogP contribution in [0.4, 0.5) is 5.69 Å². The second-order valence-electron chi connectivity index (χ2n) is 7.53. The van der Waals surface area contributed by atoms with Crippen molar-refractivity contribution in [2.24, 2.45) is 0 Å². The standard InChI is InChI=1S/C22H28N2O4S/c1-15-8-7-10-19(17(15)3)23-22(25)18-11-12-20(28-4)21(14-18)29(26,27)24-13-6-5-9-16(24)2/h7-8,10-12,14,16H,5-6,9,13H2,1-4H3,(H,23,25)/t16-/m0/s1. The van der Waals surface area contributed by atoms with E-state index in [0.717, 1.165) is 30.4 Å². The van der Waals surface area contributed by atoms with Crippen molar-refractivity contribution in [3.05, 3.63) is 53.1 Å². The van der Waals surface area contributed by atoms with E-state index in [1.165, 1.54) is 17.5 Å². The third-order valence-corrected chi connectivity index (χ3v) is 7.64. The summed E-state index contributed by atoms with van der Waals surface area (Å²) in [4.78, 5) is 12.9. The predicted molar refractivity (Wildman–Crippen MR) is 114 cm³/mol. The van der Waals surface area contributed by atoms with Crippen LogP contribution >= 0.6 is 0 Å². The van der Waals surface area contributed by atoms with Crippen molar-refractivity contribution in [3.8, 4) is 5.75 Å². The van der Waals surface area contributed by atoms with E-state index in [4.69, 9.17) is 4.74 Å². The number of hydrogen-bond acceptors (Lipinski definition) is 4. The molecule has 1 amide bonds. The minimum absolute atomic E-state index is 0.0300. The molecule has 0 spiro atoms. The van der Waals surface area contributed by atoms with Crippen LogP contribution < -0.4 is 10.1 Å². The first-order chi connectivity index (χ1) is 13.8. The van der Waals surface area contributed by atoms with Gasteiger partial charge in [0.15, 0.2) is 0 Å². The molecule has 0 saturated carbocycles. The third kappa shape index (κ3) is 4.31. The number of amides is 1. The van der Waals surface area contributed by atoms with Crippen molar-refractivity contribution in [1.82, 2.24) is 4.31 Å². The Kier molecular flexibility index (Phi) is 6.29. The number of sulfonamides is 1.